The normalized spacial score (nSPS) is 17.0. The summed E-state index contributed by atoms with van der Waals surface area (Å²) in [6.07, 6.45) is 3.20. The van der Waals surface area contributed by atoms with Gasteiger partial charge < -0.3 is 19.6 Å². The Bertz CT molecular complexity index is 1390. The van der Waals surface area contributed by atoms with Crippen LogP contribution >= 0.6 is 0 Å². The van der Waals surface area contributed by atoms with Crippen LogP contribution in [-0.4, -0.2) is 78.0 Å². The quantitative estimate of drug-likeness (QED) is 0.427. The van der Waals surface area contributed by atoms with Crippen molar-refractivity contribution in [1.29, 1.82) is 0 Å². The molecule has 0 radical (unpaired) electrons. The molecule has 3 heterocycles. The Labute approximate surface area is 243 Å². The van der Waals surface area contributed by atoms with Gasteiger partial charge in [0.25, 0.3) is 11.8 Å². The number of benzene rings is 2. The largest absolute Gasteiger partial charge is 0.355 e. The first-order valence-electron chi connectivity index (χ1n) is 14.8. The summed E-state index contributed by atoms with van der Waals surface area (Å²) in [4.78, 5) is 33.3. The summed E-state index contributed by atoms with van der Waals surface area (Å²) in [5.41, 5.74) is 5.55. The van der Waals surface area contributed by atoms with Gasteiger partial charge in [0.15, 0.2) is 11.5 Å². The fourth-order valence-electron chi connectivity index (χ4n) is 5.56. The number of rotatable bonds is 6. The van der Waals surface area contributed by atoms with Gasteiger partial charge in [-0.2, -0.15) is 0 Å². The van der Waals surface area contributed by atoms with E-state index in [0.29, 0.717) is 22.7 Å². The van der Waals surface area contributed by atoms with Crippen molar-refractivity contribution >= 4 is 17.5 Å². The summed E-state index contributed by atoms with van der Waals surface area (Å²) >= 11 is 0. The van der Waals surface area contributed by atoms with E-state index in [1.54, 1.807) is 6.07 Å². The van der Waals surface area contributed by atoms with E-state index in [1.165, 1.54) is 0 Å². The molecule has 1 N–H and O–H groups in total. The predicted molar refractivity (Wildman–Crippen MR) is 162 cm³/mol. The van der Waals surface area contributed by atoms with Gasteiger partial charge in [-0.1, -0.05) is 44.1 Å². The number of carbonyl (C=O) groups is 2. The van der Waals surface area contributed by atoms with E-state index in [9.17, 15) is 9.59 Å². The monoisotopic (exact) mass is 557 g/mol. The van der Waals surface area contributed by atoms with Crippen LogP contribution < -0.4 is 5.32 Å². The highest BCUT2D eigenvalue weighted by molar-refractivity contribution is 6.05. The van der Waals surface area contributed by atoms with Gasteiger partial charge in [0.2, 0.25) is 0 Å². The second-order valence-electron chi connectivity index (χ2n) is 12.6. The molecule has 0 spiro atoms. The molecule has 2 saturated heterocycles. The lowest BCUT2D eigenvalue weighted by atomic mass is 9.85. The highest BCUT2D eigenvalue weighted by atomic mass is 16.5. The van der Waals surface area contributed by atoms with Crippen LogP contribution in [0.1, 0.15) is 77.6 Å². The van der Waals surface area contributed by atoms with E-state index in [1.807, 2.05) is 36.1 Å². The minimum Gasteiger partial charge on any atom is -0.355 e. The smallest absolute Gasteiger partial charge is 0.276 e. The number of hydrogen-bond acceptors (Lipinski definition) is 6. The number of piperidine rings is 1. The number of nitrogens with one attached hydrogen (secondary N) is 1. The van der Waals surface area contributed by atoms with E-state index in [0.717, 1.165) is 87.3 Å². The summed E-state index contributed by atoms with van der Waals surface area (Å²) < 4.78 is 5.63. The summed E-state index contributed by atoms with van der Waals surface area (Å²) in [6, 6.07) is 13.8. The SMILES string of the molecule is Cc1ccc(NC(=O)c2cc(C(C)(C)C)ccc2CN2CCN(C)CC2)cc1-c1cc(C(=O)N2CCCCC2)no1. The molecule has 3 aromatic rings. The van der Waals surface area contributed by atoms with Crippen LogP contribution in [0.5, 0.6) is 0 Å². The number of likely N-dealkylation sites (tertiary alicyclic amines) is 1. The molecule has 0 saturated carbocycles. The molecule has 0 aliphatic carbocycles. The minimum atomic E-state index is -0.131. The van der Waals surface area contributed by atoms with E-state index in [2.05, 4.69) is 60.2 Å². The van der Waals surface area contributed by atoms with Crippen molar-refractivity contribution in [2.24, 2.45) is 0 Å². The molecule has 0 atom stereocenters. The van der Waals surface area contributed by atoms with E-state index < -0.39 is 0 Å². The number of piperazine rings is 1. The molecular formula is C33H43N5O3. The number of anilines is 1. The molecular weight excluding hydrogens is 514 g/mol. The molecule has 2 aromatic carbocycles. The first-order chi connectivity index (χ1) is 19.6. The van der Waals surface area contributed by atoms with Crippen molar-refractivity contribution in [2.75, 3.05) is 51.6 Å². The van der Waals surface area contributed by atoms with Gasteiger partial charge in [-0.25, -0.2) is 0 Å². The number of likely N-dealkylation sites (N-methyl/N-ethyl adjacent to an activating group) is 1. The zero-order chi connectivity index (χ0) is 29.1. The molecule has 41 heavy (non-hydrogen) atoms. The Morgan fingerprint density at radius 1 is 0.927 bits per heavy atom. The van der Waals surface area contributed by atoms with Crippen molar-refractivity contribution in [3.8, 4) is 11.3 Å². The predicted octanol–water partition coefficient (Wildman–Crippen LogP) is 5.57. The fourth-order valence-corrected chi connectivity index (χ4v) is 5.56. The van der Waals surface area contributed by atoms with Gasteiger partial charge >= 0.3 is 0 Å². The van der Waals surface area contributed by atoms with Crippen LogP contribution in [0.25, 0.3) is 11.3 Å². The average molecular weight is 558 g/mol. The van der Waals surface area contributed by atoms with E-state index >= 15 is 0 Å². The molecule has 2 amide bonds. The van der Waals surface area contributed by atoms with Crippen LogP contribution in [0, 0.1) is 6.92 Å². The van der Waals surface area contributed by atoms with Crippen molar-refractivity contribution in [1.82, 2.24) is 19.9 Å². The zero-order valence-corrected chi connectivity index (χ0v) is 25.1. The second kappa shape index (κ2) is 12.2. The Morgan fingerprint density at radius 3 is 2.37 bits per heavy atom. The number of nitrogens with zero attached hydrogens (tertiary/aromatic N) is 4. The second-order valence-corrected chi connectivity index (χ2v) is 12.6. The molecule has 218 valence electrons. The maximum absolute atomic E-state index is 13.8. The van der Waals surface area contributed by atoms with Crippen LogP contribution in [0.2, 0.25) is 0 Å². The summed E-state index contributed by atoms with van der Waals surface area (Å²) in [7, 11) is 2.15. The Morgan fingerprint density at radius 2 is 1.66 bits per heavy atom. The number of aromatic nitrogens is 1. The van der Waals surface area contributed by atoms with Gasteiger partial charge in [-0.15, -0.1) is 0 Å². The fraction of sp³-hybridized carbons (Fsp3) is 0.485. The molecule has 5 rings (SSSR count). The molecule has 0 unspecified atom stereocenters. The standard InChI is InChI=1S/C33H43N5O3/c1-23-9-12-26(20-27(23)30-21-29(35-41-30)32(40)38-13-7-6-8-14-38)34-31(39)28-19-25(33(2,3)4)11-10-24(28)22-37-17-15-36(5)16-18-37/h9-12,19-21H,6-8,13-18,22H2,1-5H3,(H,34,39). The van der Waals surface area contributed by atoms with E-state index in [4.69, 9.17) is 4.52 Å². The number of hydrogen-bond donors (Lipinski definition) is 1. The first-order valence-corrected chi connectivity index (χ1v) is 14.8. The lowest BCUT2D eigenvalue weighted by Crippen LogP contribution is -2.44. The molecule has 8 nitrogen and oxygen atoms in total. The number of aryl methyl sites for hydroxylation is 1. The summed E-state index contributed by atoms with van der Waals surface area (Å²) in [5.74, 6) is 0.298. The third-order valence-electron chi connectivity index (χ3n) is 8.34. The summed E-state index contributed by atoms with van der Waals surface area (Å²) in [5, 5.41) is 7.23. The molecule has 2 fully saturated rings. The summed E-state index contributed by atoms with van der Waals surface area (Å²) in [6.45, 7) is 14.8. The Balaban J connectivity index is 1.37. The van der Waals surface area contributed by atoms with Gasteiger partial charge in [-0.05, 0) is 73.5 Å². The first kappa shape index (κ1) is 29.0. The molecule has 1 aromatic heterocycles. The third-order valence-corrected chi connectivity index (χ3v) is 8.34. The lowest BCUT2D eigenvalue weighted by molar-refractivity contribution is 0.0713. The van der Waals surface area contributed by atoms with Gasteiger partial charge in [-0.3, -0.25) is 14.5 Å². The highest BCUT2D eigenvalue weighted by Gasteiger charge is 2.24. The molecule has 2 aliphatic heterocycles. The highest BCUT2D eigenvalue weighted by Crippen LogP contribution is 2.30. The Hall–Kier alpha value is -3.49. The van der Waals surface area contributed by atoms with Crippen molar-refractivity contribution in [3.05, 3.63) is 70.4 Å². The van der Waals surface area contributed by atoms with Crippen LogP contribution in [0.3, 0.4) is 0 Å². The van der Waals surface area contributed by atoms with Crippen molar-refractivity contribution in [2.45, 2.75) is 58.9 Å². The average Bonchev–Trinajstić information content (AvgIpc) is 3.45. The van der Waals surface area contributed by atoms with Gasteiger partial charge in [0, 0.05) is 68.7 Å². The van der Waals surface area contributed by atoms with Crippen molar-refractivity contribution < 1.29 is 14.1 Å². The van der Waals surface area contributed by atoms with Crippen LogP contribution in [0.4, 0.5) is 5.69 Å². The van der Waals surface area contributed by atoms with Crippen LogP contribution in [0.15, 0.2) is 47.0 Å². The lowest BCUT2D eigenvalue weighted by Gasteiger charge is -2.33. The zero-order valence-electron chi connectivity index (χ0n) is 25.1. The topological polar surface area (TPSA) is 81.9 Å². The van der Waals surface area contributed by atoms with Gasteiger partial charge in [0.05, 0.1) is 0 Å². The molecule has 2 aliphatic rings. The maximum Gasteiger partial charge on any atom is 0.276 e. The number of carbonyl (C=O) groups excluding carboxylic acids is 2. The van der Waals surface area contributed by atoms with Crippen LogP contribution in [-0.2, 0) is 12.0 Å². The molecule has 8 heteroatoms. The number of amides is 2. The van der Waals surface area contributed by atoms with Gasteiger partial charge in [0.1, 0.15) is 0 Å². The maximum atomic E-state index is 13.8. The van der Waals surface area contributed by atoms with Crippen molar-refractivity contribution in [3.63, 3.8) is 0 Å². The third kappa shape index (κ3) is 6.88. The minimum absolute atomic E-state index is 0.0753. The Kier molecular flexibility index (Phi) is 8.61. The van der Waals surface area contributed by atoms with E-state index in [-0.39, 0.29) is 17.2 Å². The molecule has 0 bridgehead atoms.